The summed E-state index contributed by atoms with van der Waals surface area (Å²) < 4.78 is 1.92. The van der Waals surface area contributed by atoms with Crippen LogP contribution in [0, 0.1) is 0 Å². The number of carbonyl (C=O) groups is 1. The second-order valence-corrected chi connectivity index (χ2v) is 5.14. The van der Waals surface area contributed by atoms with Crippen LogP contribution in [0.15, 0.2) is 30.6 Å². The predicted molar refractivity (Wildman–Crippen MR) is 79.7 cm³/mol. The number of aryl methyl sites for hydroxylation is 2. The lowest BCUT2D eigenvalue weighted by Gasteiger charge is -2.26. The third kappa shape index (κ3) is 2.89. The van der Waals surface area contributed by atoms with E-state index in [2.05, 4.69) is 26.9 Å². The number of nitrogens with zero attached hydrogens (tertiary/aromatic N) is 3. The van der Waals surface area contributed by atoms with E-state index in [4.69, 9.17) is 0 Å². The molecule has 2 aromatic rings. The van der Waals surface area contributed by atoms with E-state index >= 15 is 0 Å². The molecule has 2 heterocycles. The average Bonchev–Trinajstić information content (AvgIpc) is 2.99. The Hall–Kier alpha value is -2.37. The van der Waals surface area contributed by atoms with Crippen molar-refractivity contribution >= 4 is 11.6 Å². The highest BCUT2D eigenvalue weighted by Crippen LogP contribution is 2.24. The minimum atomic E-state index is -0.183. The minimum Gasteiger partial charge on any atom is -0.373 e. The van der Waals surface area contributed by atoms with Crippen LogP contribution in [-0.2, 0) is 24.3 Å². The monoisotopic (exact) mass is 285 g/mol. The zero-order valence-electron chi connectivity index (χ0n) is 12.0. The topological polar surface area (TPSA) is 71.8 Å². The standard InChI is InChI=1S/C15H19N5O/c1-2-20-10-17-19-14(20)9-16-15(21)13-8-7-11-5-3-4-6-12(11)18-13/h3-6,10,13,18H,2,7-9H2,1H3,(H,16,21). The molecule has 0 spiro atoms. The second kappa shape index (κ2) is 5.95. The first-order valence-corrected chi connectivity index (χ1v) is 7.26. The number of benzene rings is 1. The van der Waals surface area contributed by atoms with Gasteiger partial charge in [0.1, 0.15) is 12.4 Å². The van der Waals surface area contributed by atoms with Crippen molar-refractivity contribution in [3.05, 3.63) is 42.0 Å². The Balaban J connectivity index is 1.60. The Morgan fingerprint density at radius 1 is 1.48 bits per heavy atom. The Bertz CT molecular complexity index is 636. The van der Waals surface area contributed by atoms with Crippen LogP contribution < -0.4 is 10.6 Å². The second-order valence-electron chi connectivity index (χ2n) is 5.14. The van der Waals surface area contributed by atoms with Gasteiger partial charge in [-0.15, -0.1) is 10.2 Å². The van der Waals surface area contributed by atoms with Crippen molar-refractivity contribution in [2.75, 3.05) is 5.32 Å². The van der Waals surface area contributed by atoms with E-state index in [1.165, 1.54) is 5.56 Å². The molecular formula is C15H19N5O. The van der Waals surface area contributed by atoms with E-state index in [-0.39, 0.29) is 11.9 Å². The number of fused-ring (bicyclic) bond motifs is 1. The van der Waals surface area contributed by atoms with E-state index in [0.717, 1.165) is 30.9 Å². The first kappa shape index (κ1) is 13.6. The SMILES string of the molecule is CCn1cnnc1CNC(=O)C1CCc2ccccc2N1. The summed E-state index contributed by atoms with van der Waals surface area (Å²) in [5.74, 6) is 0.789. The zero-order valence-corrected chi connectivity index (χ0v) is 12.0. The molecule has 1 amide bonds. The van der Waals surface area contributed by atoms with E-state index in [0.29, 0.717) is 6.54 Å². The van der Waals surface area contributed by atoms with Gasteiger partial charge in [0.25, 0.3) is 0 Å². The van der Waals surface area contributed by atoms with Crippen LogP contribution in [0.2, 0.25) is 0 Å². The molecule has 0 saturated carbocycles. The Kier molecular flexibility index (Phi) is 3.85. The highest BCUT2D eigenvalue weighted by Gasteiger charge is 2.23. The van der Waals surface area contributed by atoms with Crippen molar-refractivity contribution in [3.8, 4) is 0 Å². The maximum absolute atomic E-state index is 12.3. The van der Waals surface area contributed by atoms with Gasteiger partial charge in [-0.05, 0) is 31.4 Å². The van der Waals surface area contributed by atoms with Gasteiger partial charge in [-0.1, -0.05) is 18.2 Å². The average molecular weight is 285 g/mol. The molecule has 110 valence electrons. The molecule has 0 aliphatic carbocycles. The van der Waals surface area contributed by atoms with Gasteiger partial charge >= 0.3 is 0 Å². The molecule has 21 heavy (non-hydrogen) atoms. The third-order valence-electron chi connectivity index (χ3n) is 3.82. The fourth-order valence-corrected chi connectivity index (χ4v) is 2.60. The van der Waals surface area contributed by atoms with Crippen LogP contribution in [0.1, 0.15) is 24.7 Å². The van der Waals surface area contributed by atoms with Gasteiger partial charge in [-0.2, -0.15) is 0 Å². The molecule has 1 aliphatic heterocycles. The highest BCUT2D eigenvalue weighted by atomic mass is 16.2. The van der Waals surface area contributed by atoms with Crippen LogP contribution in [0.25, 0.3) is 0 Å². The summed E-state index contributed by atoms with van der Waals surface area (Å²) in [5.41, 5.74) is 2.33. The molecule has 0 fully saturated rings. The number of amides is 1. The van der Waals surface area contributed by atoms with Crippen molar-refractivity contribution in [1.82, 2.24) is 20.1 Å². The molecule has 1 atom stereocenters. The molecule has 1 aromatic carbocycles. The highest BCUT2D eigenvalue weighted by molar-refractivity contribution is 5.85. The van der Waals surface area contributed by atoms with E-state index in [9.17, 15) is 4.79 Å². The largest absolute Gasteiger partial charge is 0.373 e. The first-order chi connectivity index (χ1) is 10.3. The van der Waals surface area contributed by atoms with Crippen molar-refractivity contribution in [2.24, 2.45) is 0 Å². The number of nitrogens with one attached hydrogen (secondary N) is 2. The number of hydrogen-bond donors (Lipinski definition) is 2. The maximum atomic E-state index is 12.3. The number of anilines is 1. The summed E-state index contributed by atoms with van der Waals surface area (Å²) >= 11 is 0. The van der Waals surface area contributed by atoms with E-state index in [1.807, 2.05) is 29.7 Å². The lowest BCUT2D eigenvalue weighted by molar-refractivity contribution is -0.122. The number of para-hydroxylation sites is 1. The Morgan fingerprint density at radius 2 is 2.33 bits per heavy atom. The zero-order chi connectivity index (χ0) is 14.7. The number of carbonyl (C=O) groups excluding carboxylic acids is 1. The van der Waals surface area contributed by atoms with Crippen LogP contribution in [0.5, 0.6) is 0 Å². The van der Waals surface area contributed by atoms with Gasteiger partial charge in [-0.3, -0.25) is 4.79 Å². The van der Waals surface area contributed by atoms with Crippen LogP contribution in [0.3, 0.4) is 0 Å². The van der Waals surface area contributed by atoms with E-state index < -0.39 is 0 Å². The van der Waals surface area contributed by atoms with Crippen molar-refractivity contribution in [3.63, 3.8) is 0 Å². The van der Waals surface area contributed by atoms with Gasteiger partial charge in [0, 0.05) is 12.2 Å². The Labute approximate surface area is 123 Å². The van der Waals surface area contributed by atoms with Gasteiger partial charge < -0.3 is 15.2 Å². The number of aromatic nitrogens is 3. The van der Waals surface area contributed by atoms with Gasteiger partial charge in [0.15, 0.2) is 5.82 Å². The molecule has 1 aliphatic rings. The molecule has 0 radical (unpaired) electrons. The molecule has 0 saturated heterocycles. The predicted octanol–water partition coefficient (Wildman–Crippen LogP) is 1.34. The normalized spacial score (nSPS) is 16.9. The molecule has 2 N–H and O–H groups in total. The fraction of sp³-hybridized carbons (Fsp3) is 0.400. The Morgan fingerprint density at radius 3 is 3.19 bits per heavy atom. The van der Waals surface area contributed by atoms with E-state index in [1.54, 1.807) is 6.33 Å². The summed E-state index contributed by atoms with van der Waals surface area (Å²) in [7, 11) is 0. The summed E-state index contributed by atoms with van der Waals surface area (Å²) in [5, 5.41) is 14.1. The lowest BCUT2D eigenvalue weighted by atomic mass is 9.98. The third-order valence-corrected chi connectivity index (χ3v) is 3.82. The molecular weight excluding hydrogens is 266 g/mol. The first-order valence-electron chi connectivity index (χ1n) is 7.26. The van der Waals surface area contributed by atoms with Crippen LogP contribution in [-0.4, -0.2) is 26.7 Å². The number of rotatable bonds is 4. The number of hydrogen-bond acceptors (Lipinski definition) is 4. The lowest BCUT2D eigenvalue weighted by Crippen LogP contribution is -2.41. The van der Waals surface area contributed by atoms with Gasteiger partial charge in [-0.25, -0.2) is 0 Å². The van der Waals surface area contributed by atoms with Crippen LogP contribution >= 0.6 is 0 Å². The van der Waals surface area contributed by atoms with Crippen molar-refractivity contribution in [2.45, 2.75) is 38.9 Å². The molecule has 6 heteroatoms. The van der Waals surface area contributed by atoms with Gasteiger partial charge in [0.2, 0.25) is 5.91 Å². The molecule has 6 nitrogen and oxygen atoms in total. The smallest absolute Gasteiger partial charge is 0.242 e. The van der Waals surface area contributed by atoms with Crippen molar-refractivity contribution < 1.29 is 4.79 Å². The molecule has 1 aromatic heterocycles. The summed E-state index contributed by atoms with van der Waals surface area (Å²) in [4.78, 5) is 12.3. The quantitative estimate of drug-likeness (QED) is 0.889. The summed E-state index contributed by atoms with van der Waals surface area (Å²) in [6.07, 6.45) is 3.41. The molecule has 1 unspecified atom stereocenters. The van der Waals surface area contributed by atoms with Crippen LogP contribution in [0.4, 0.5) is 5.69 Å². The summed E-state index contributed by atoms with van der Waals surface area (Å²) in [6, 6.07) is 7.94. The fourth-order valence-electron chi connectivity index (χ4n) is 2.60. The van der Waals surface area contributed by atoms with Gasteiger partial charge in [0.05, 0.1) is 6.54 Å². The maximum Gasteiger partial charge on any atom is 0.242 e. The van der Waals surface area contributed by atoms with Crippen molar-refractivity contribution in [1.29, 1.82) is 0 Å². The molecule has 0 bridgehead atoms. The minimum absolute atomic E-state index is 0.00940. The molecule has 3 rings (SSSR count). The summed E-state index contributed by atoms with van der Waals surface area (Å²) in [6.45, 7) is 3.23.